The Bertz CT molecular complexity index is 1190. The highest BCUT2D eigenvalue weighted by molar-refractivity contribution is 8.00. The van der Waals surface area contributed by atoms with Gasteiger partial charge in [-0.3, -0.25) is 9.69 Å². The highest BCUT2D eigenvalue weighted by atomic mass is 32.2. The Hall–Kier alpha value is -3.62. The molecule has 30 heavy (non-hydrogen) atoms. The van der Waals surface area contributed by atoms with Crippen LogP contribution in [0.2, 0.25) is 0 Å². The zero-order valence-corrected chi connectivity index (χ0v) is 17.3. The Labute approximate surface area is 179 Å². The van der Waals surface area contributed by atoms with E-state index in [9.17, 15) is 10.1 Å². The Morgan fingerprint density at radius 2 is 1.60 bits per heavy atom. The predicted molar refractivity (Wildman–Crippen MR) is 122 cm³/mol. The summed E-state index contributed by atoms with van der Waals surface area (Å²) in [5.74, 6) is 0.0935. The first-order valence-corrected chi connectivity index (χ1v) is 10.5. The largest absolute Gasteiger partial charge is 0.280 e. The molecule has 0 bridgehead atoms. The highest BCUT2D eigenvalue weighted by Crippen LogP contribution is 2.29. The van der Waals surface area contributed by atoms with Crippen LogP contribution < -0.4 is 4.90 Å². The minimum atomic E-state index is -0.0760. The summed E-state index contributed by atoms with van der Waals surface area (Å²) < 4.78 is 0. The van der Waals surface area contributed by atoms with E-state index in [1.54, 1.807) is 4.90 Å². The number of fused-ring (bicyclic) bond motifs is 1. The van der Waals surface area contributed by atoms with Gasteiger partial charge in [0.2, 0.25) is 5.91 Å². The Kier molecular flexibility index (Phi) is 5.78. The van der Waals surface area contributed by atoms with Crippen LogP contribution in [0.1, 0.15) is 11.1 Å². The molecular weight excluding hydrogens is 390 g/mol. The molecule has 0 aliphatic carbocycles. The number of carbonyl (C=O) groups excluding carboxylic acids is 1. The van der Waals surface area contributed by atoms with E-state index in [2.05, 4.69) is 6.07 Å². The fraction of sp³-hybridized carbons (Fsp3) is 0.0800. The lowest BCUT2D eigenvalue weighted by molar-refractivity contribution is -0.115. The molecule has 0 spiro atoms. The fourth-order valence-electron chi connectivity index (χ4n) is 3.31. The van der Waals surface area contributed by atoms with E-state index in [1.165, 1.54) is 11.8 Å². The van der Waals surface area contributed by atoms with Crippen molar-refractivity contribution in [1.82, 2.24) is 4.98 Å². The molecule has 0 N–H and O–H groups in total. The lowest BCUT2D eigenvalue weighted by Crippen LogP contribution is -2.27. The van der Waals surface area contributed by atoms with E-state index < -0.39 is 0 Å². The molecule has 0 unspecified atom stereocenters. The van der Waals surface area contributed by atoms with E-state index in [4.69, 9.17) is 4.98 Å². The first-order valence-electron chi connectivity index (χ1n) is 9.53. The molecule has 4 aromatic rings. The van der Waals surface area contributed by atoms with E-state index in [0.717, 1.165) is 27.8 Å². The number of nitrogens with zero attached hydrogens (tertiary/aromatic N) is 3. The van der Waals surface area contributed by atoms with Gasteiger partial charge in [0.15, 0.2) is 0 Å². The van der Waals surface area contributed by atoms with Crippen molar-refractivity contribution in [2.45, 2.75) is 11.9 Å². The number of carbonyl (C=O) groups is 1. The first kappa shape index (κ1) is 19.7. The third-order valence-corrected chi connectivity index (χ3v) is 5.72. The van der Waals surface area contributed by atoms with Gasteiger partial charge in [-0.2, -0.15) is 5.26 Å². The molecule has 3 aromatic carbocycles. The maximum atomic E-state index is 13.2. The smallest absolute Gasteiger partial charge is 0.241 e. The first-order chi connectivity index (χ1) is 14.7. The fourth-order valence-corrected chi connectivity index (χ4v) is 4.11. The van der Waals surface area contributed by atoms with Crippen LogP contribution in [-0.2, 0) is 4.79 Å². The minimum Gasteiger partial charge on any atom is -0.280 e. The maximum Gasteiger partial charge on any atom is 0.241 e. The average Bonchev–Trinajstić information content (AvgIpc) is 2.79. The predicted octanol–water partition coefficient (Wildman–Crippen LogP) is 5.87. The Morgan fingerprint density at radius 3 is 2.20 bits per heavy atom. The van der Waals surface area contributed by atoms with Crippen LogP contribution in [0.25, 0.3) is 10.9 Å². The third-order valence-electron chi connectivity index (χ3n) is 4.74. The molecule has 0 aliphatic rings. The Balaban J connectivity index is 1.64. The number of hydrogen-bond acceptors (Lipinski definition) is 4. The minimum absolute atomic E-state index is 0.0760. The Morgan fingerprint density at radius 1 is 0.967 bits per heavy atom. The number of anilines is 2. The molecule has 146 valence electrons. The van der Waals surface area contributed by atoms with Crippen LogP contribution in [0.5, 0.6) is 0 Å². The summed E-state index contributed by atoms with van der Waals surface area (Å²) >= 11 is 1.30. The van der Waals surface area contributed by atoms with Gasteiger partial charge >= 0.3 is 0 Å². The topological polar surface area (TPSA) is 57.0 Å². The molecule has 1 amide bonds. The molecule has 1 aromatic heterocycles. The van der Waals surface area contributed by atoms with Gasteiger partial charge in [0, 0.05) is 16.8 Å². The van der Waals surface area contributed by atoms with Crippen LogP contribution >= 0.6 is 11.8 Å². The maximum absolute atomic E-state index is 13.2. The second kappa shape index (κ2) is 8.81. The SMILES string of the molecule is Cc1cccc2cc(C#N)c(SCC(=O)N(c3ccccc3)c3ccccc3)nc12. The van der Waals surface area contributed by atoms with Crippen LogP contribution in [-0.4, -0.2) is 16.6 Å². The number of pyridine rings is 1. The van der Waals surface area contributed by atoms with Gasteiger partial charge in [-0.05, 0) is 42.8 Å². The highest BCUT2D eigenvalue weighted by Gasteiger charge is 2.19. The van der Waals surface area contributed by atoms with Gasteiger partial charge in [-0.25, -0.2) is 4.98 Å². The summed E-state index contributed by atoms with van der Waals surface area (Å²) in [6.07, 6.45) is 0. The molecular formula is C25H19N3OS. The molecule has 4 nitrogen and oxygen atoms in total. The van der Waals surface area contributed by atoms with Crippen molar-refractivity contribution in [3.8, 4) is 6.07 Å². The van der Waals surface area contributed by atoms with Crippen molar-refractivity contribution < 1.29 is 4.79 Å². The average molecular weight is 410 g/mol. The number of amides is 1. The number of hydrogen-bond donors (Lipinski definition) is 0. The third kappa shape index (κ3) is 4.05. The van der Waals surface area contributed by atoms with Crippen LogP contribution in [0, 0.1) is 18.3 Å². The normalized spacial score (nSPS) is 10.5. The quantitative estimate of drug-likeness (QED) is 0.387. The number of aryl methyl sites for hydroxylation is 1. The molecule has 0 fully saturated rings. The summed E-state index contributed by atoms with van der Waals surface area (Å²) in [5.41, 5.74) is 3.99. The number of para-hydroxylation sites is 3. The number of nitriles is 1. The molecule has 0 saturated carbocycles. The molecule has 0 atom stereocenters. The van der Waals surface area contributed by atoms with Crippen LogP contribution in [0.15, 0.2) is 90.0 Å². The van der Waals surface area contributed by atoms with Crippen molar-refractivity contribution in [2.24, 2.45) is 0 Å². The summed E-state index contributed by atoms with van der Waals surface area (Å²) in [7, 11) is 0. The van der Waals surface area contributed by atoms with E-state index >= 15 is 0 Å². The van der Waals surface area contributed by atoms with Gasteiger partial charge in [0.25, 0.3) is 0 Å². The monoisotopic (exact) mass is 409 g/mol. The van der Waals surface area contributed by atoms with Crippen molar-refractivity contribution >= 4 is 39.9 Å². The zero-order valence-electron chi connectivity index (χ0n) is 16.4. The molecule has 1 heterocycles. The number of rotatable bonds is 5. The summed E-state index contributed by atoms with van der Waals surface area (Å²) in [4.78, 5) is 19.6. The summed E-state index contributed by atoms with van der Waals surface area (Å²) in [6, 6.07) is 29.1. The van der Waals surface area contributed by atoms with Gasteiger partial charge < -0.3 is 0 Å². The standard InChI is InChI=1S/C25H19N3OS/c1-18-9-8-10-19-15-20(16-26)25(27-24(18)19)30-17-23(29)28(21-11-4-2-5-12-21)22-13-6-3-7-14-22/h2-15H,17H2,1H3. The second-order valence-corrected chi connectivity index (χ2v) is 7.75. The van der Waals surface area contributed by atoms with Crippen molar-refractivity contribution in [3.05, 3.63) is 96.1 Å². The van der Waals surface area contributed by atoms with Gasteiger partial charge in [0.05, 0.1) is 16.8 Å². The van der Waals surface area contributed by atoms with Crippen molar-refractivity contribution in [3.63, 3.8) is 0 Å². The van der Waals surface area contributed by atoms with Gasteiger partial charge in [-0.1, -0.05) is 66.4 Å². The zero-order chi connectivity index (χ0) is 20.9. The van der Waals surface area contributed by atoms with E-state index in [0.29, 0.717) is 10.6 Å². The van der Waals surface area contributed by atoms with Gasteiger partial charge in [0.1, 0.15) is 11.1 Å². The molecule has 0 radical (unpaired) electrons. The molecule has 0 aliphatic heterocycles. The van der Waals surface area contributed by atoms with Gasteiger partial charge in [-0.15, -0.1) is 0 Å². The molecule has 5 heteroatoms. The number of benzene rings is 3. The summed E-state index contributed by atoms with van der Waals surface area (Å²) in [5, 5.41) is 11.1. The van der Waals surface area contributed by atoms with Crippen molar-refractivity contribution in [2.75, 3.05) is 10.7 Å². The van der Waals surface area contributed by atoms with Crippen molar-refractivity contribution in [1.29, 1.82) is 5.26 Å². The number of aromatic nitrogens is 1. The van der Waals surface area contributed by atoms with E-state index in [-0.39, 0.29) is 11.7 Å². The lowest BCUT2D eigenvalue weighted by Gasteiger charge is -2.23. The van der Waals surface area contributed by atoms with Crippen LogP contribution in [0.4, 0.5) is 11.4 Å². The van der Waals surface area contributed by atoms with Crippen LogP contribution in [0.3, 0.4) is 0 Å². The lowest BCUT2D eigenvalue weighted by atomic mass is 10.1. The van der Waals surface area contributed by atoms with E-state index in [1.807, 2.05) is 91.9 Å². The number of thioether (sulfide) groups is 1. The summed E-state index contributed by atoms with van der Waals surface area (Å²) in [6.45, 7) is 1.99. The second-order valence-electron chi connectivity index (χ2n) is 6.79. The molecule has 4 rings (SSSR count). The molecule has 0 saturated heterocycles.